The van der Waals surface area contributed by atoms with Gasteiger partial charge in [0, 0.05) is 24.2 Å². The van der Waals surface area contributed by atoms with Gasteiger partial charge in [-0.05, 0) is 43.2 Å². The SMILES string of the molecule is CC[C@@H](C)NC(=O)c1cccc(CNC(=O)c2ccc(F)cc2F)c1. The lowest BCUT2D eigenvalue weighted by molar-refractivity contribution is 0.0935. The number of benzene rings is 2. The molecular weight excluding hydrogens is 326 g/mol. The number of amides is 2. The van der Waals surface area contributed by atoms with Gasteiger partial charge in [-0.15, -0.1) is 0 Å². The lowest BCUT2D eigenvalue weighted by Crippen LogP contribution is -2.32. The molecule has 2 aromatic rings. The van der Waals surface area contributed by atoms with E-state index in [1.54, 1.807) is 24.3 Å². The van der Waals surface area contributed by atoms with Gasteiger partial charge in [0.25, 0.3) is 11.8 Å². The Morgan fingerprint density at radius 3 is 2.52 bits per heavy atom. The van der Waals surface area contributed by atoms with Gasteiger partial charge >= 0.3 is 0 Å². The van der Waals surface area contributed by atoms with Gasteiger partial charge in [-0.3, -0.25) is 9.59 Å². The molecule has 0 fully saturated rings. The van der Waals surface area contributed by atoms with Crippen LogP contribution in [0.1, 0.15) is 46.5 Å². The van der Waals surface area contributed by atoms with Crippen molar-refractivity contribution < 1.29 is 18.4 Å². The Bertz CT molecular complexity index is 778. The second kappa shape index (κ2) is 8.37. The van der Waals surface area contributed by atoms with Crippen molar-refractivity contribution in [3.8, 4) is 0 Å². The fraction of sp³-hybridized carbons (Fsp3) is 0.263. The van der Waals surface area contributed by atoms with Crippen LogP contribution in [0, 0.1) is 11.6 Å². The van der Waals surface area contributed by atoms with Gasteiger partial charge in [-0.2, -0.15) is 0 Å². The van der Waals surface area contributed by atoms with Crippen molar-refractivity contribution in [3.05, 3.63) is 70.8 Å². The molecule has 2 rings (SSSR count). The highest BCUT2D eigenvalue weighted by atomic mass is 19.1. The number of carbonyl (C=O) groups excluding carboxylic acids is 2. The Labute approximate surface area is 145 Å². The lowest BCUT2D eigenvalue weighted by atomic mass is 10.1. The number of rotatable bonds is 6. The van der Waals surface area contributed by atoms with Crippen LogP contribution >= 0.6 is 0 Å². The van der Waals surface area contributed by atoms with Crippen LogP contribution in [-0.2, 0) is 6.54 Å². The molecule has 0 saturated carbocycles. The largest absolute Gasteiger partial charge is 0.350 e. The van der Waals surface area contributed by atoms with Crippen molar-refractivity contribution in [2.24, 2.45) is 0 Å². The Kier molecular flexibility index (Phi) is 6.22. The molecular formula is C19H20F2N2O2. The molecule has 0 heterocycles. The van der Waals surface area contributed by atoms with Gasteiger partial charge in [0.05, 0.1) is 5.56 Å². The smallest absolute Gasteiger partial charge is 0.254 e. The zero-order chi connectivity index (χ0) is 18.4. The first-order chi connectivity index (χ1) is 11.9. The highest BCUT2D eigenvalue weighted by Crippen LogP contribution is 2.10. The van der Waals surface area contributed by atoms with Gasteiger partial charge in [0.15, 0.2) is 0 Å². The van der Waals surface area contributed by atoms with E-state index >= 15 is 0 Å². The normalized spacial score (nSPS) is 11.7. The van der Waals surface area contributed by atoms with Crippen LogP contribution in [0.3, 0.4) is 0 Å². The molecule has 0 unspecified atom stereocenters. The average molecular weight is 346 g/mol. The second-order valence-electron chi connectivity index (χ2n) is 5.79. The summed E-state index contributed by atoms with van der Waals surface area (Å²) in [6.45, 7) is 4.02. The molecule has 1 atom stereocenters. The number of halogens is 2. The van der Waals surface area contributed by atoms with E-state index in [4.69, 9.17) is 0 Å². The fourth-order valence-electron chi connectivity index (χ4n) is 2.18. The second-order valence-corrected chi connectivity index (χ2v) is 5.79. The summed E-state index contributed by atoms with van der Waals surface area (Å²) in [7, 11) is 0. The molecule has 0 saturated heterocycles. The summed E-state index contributed by atoms with van der Waals surface area (Å²) in [6, 6.07) is 9.66. The van der Waals surface area contributed by atoms with Crippen LogP contribution in [0.25, 0.3) is 0 Å². The predicted molar refractivity (Wildman–Crippen MR) is 91.2 cm³/mol. The molecule has 2 amide bonds. The van der Waals surface area contributed by atoms with Crippen LogP contribution < -0.4 is 10.6 Å². The molecule has 0 bridgehead atoms. The van der Waals surface area contributed by atoms with Crippen LogP contribution in [0.15, 0.2) is 42.5 Å². The van der Waals surface area contributed by atoms with Crippen molar-refractivity contribution in [2.45, 2.75) is 32.9 Å². The molecule has 0 radical (unpaired) electrons. The molecule has 132 valence electrons. The molecule has 0 aliphatic carbocycles. The number of nitrogens with one attached hydrogen (secondary N) is 2. The van der Waals surface area contributed by atoms with E-state index in [0.29, 0.717) is 17.2 Å². The minimum absolute atomic E-state index is 0.0670. The van der Waals surface area contributed by atoms with Crippen LogP contribution in [-0.4, -0.2) is 17.9 Å². The quantitative estimate of drug-likeness (QED) is 0.842. The van der Waals surface area contributed by atoms with Gasteiger partial charge in [0.1, 0.15) is 11.6 Å². The molecule has 4 nitrogen and oxygen atoms in total. The van der Waals surface area contributed by atoms with E-state index in [9.17, 15) is 18.4 Å². The number of carbonyl (C=O) groups is 2. The Morgan fingerprint density at radius 2 is 1.84 bits per heavy atom. The number of hydrogen-bond donors (Lipinski definition) is 2. The summed E-state index contributed by atoms with van der Waals surface area (Å²) in [5.74, 6) is -2.49. The fourth-order valence-corrected chi connectivity index (χ4v) is 2.18. The van der Waals surface area contributed by atoms with Gasteiger partial charge in [-0.1, -0.05) is 19.1 Å². The summed E-state index contributed by atoms with van der Waals surface area (Å²) < 4.78 is 26.5. The van der Waals surface area contributed by atoms with Crippen molar-refractivity contribution in [3.63, 3.8) is 0 Å². The Morgan fingerprint density at radius 1 is 1.08 bits per heavy atom. The Balaban J connectivity index is 2.02. The van der Waals surface area contributed by atoms with E-state index < -0.39 is 17.5 Å². The molecule has 2 N–H and O–H groups in total. The Hall–Kier alpha value is -2.76. The van der Waals surface area contributed by atoms with Gasteiger partial charge in [0.2, 0.25) is 0 Å². The number of hydrogen-bond acceptors (Lipinski definition) is 2. The molecule has 0 aromatic heterocycles. The van der Waals surface area contributed by atoms with Gasteiger partial charge < -0.3 is 10.6 Å². The summed E-state index contributed by atoms with van der Waals surface area (Å²) in [6.07, 6.45) is 0.824. The maximum atomic E-state index is 13.6. The first kappa shape index (κ1) is 18.6. The topological polar surface area (TPSA) is 58.2 Å². The molecule has 0 aliphatic rings. The van der Waals surface area contributed by atoms with E-state index in [0.717, 1.165) is 18.6 Å². The van der Waals surface area contributed by atoms with Crippen molar-refractivity contribution in [1.82, 2.24) is 10.6 Å². The van der Waals surface area contributed by atoms with E-state index in [1.165, 1.54) is 0 Å². The highest BCUT2D eigenvalue weighted by molar-refractivity contribution is 5.95. The maximum absolute atomic E-state index is 13.6. The molecule has 0 spiro atoms. The highest BCUT2D eigenvalue weighted by Gasteiger charge is 2.13. The van der Waals surface area contributed by atoms with Crippen LogP contribution in [0.2, 0.25) is 0 Å². The molecule has 2 aromatic carbocycles. The monoisotopic (exact) mass is 346 g/mol. The molecule has 6 heteroatoms. The average Bonchev–Trinajstić information content (AvgIpc) is 2.59. The molecule has 0 aliphatic heterocycles. The van der Waals surface area contributed by atoms with E-state index in [2.05, 4.69) is 10.6 Å². The minimum atomic E-state index is -0.917. The van der Waals surface area contributed by atoms with Crippen molar-refractivity contribution >= 4 is 11.8 Å². The maximum Gasteiger partial charge on any atom is 0.254 e. The third-order valence-corrected chi connectivity index (χ3v) is 3.81. The molecule has 25 heavy (non-hydrogen) atoms. The van der Waals surface area contributed by atoms with E-state index in [1.807, 2.05) is 13.8 Å². The zero-order valence-corrected chi connectivity index (χ0v) is 14.1. The summed E-state index contributed by atoms with van der Waals surface area (Å²) in [4.78, 5) is 24.1. The third kappa shape index (κ3) is 5.11. The van der Waals surface area contributed by atoms with Crippen LogP contribution in [0.4, 0.5) is 8.78 Å². The predicted octanol–water partition coefficient (Wildman–Crippen LogP) is 3.42. The lowest BCUT2D eigenvalue weighted by Gasteiger charge is -2.12. The summed E-state index contributed by atoms with van der Waals surface area (Å²) in [5.41, 5.74) is 0.958. The zero-order valence-electron chi connectivity index (χ0n) is 14.1. The van der Waals surface area contributed by atoms with Crippen molar-refractivity contribution in [2.75, 3.05) is 0 Å². The van der Waals surface area contributed by atoms with E-state index in [-0.39, 0.29) is 24.1 Å². The standard InChI is InChI=1S/C19H20F2N2O2/c1-3-12(2)23-18(24)14-6-4-5-13(9-14)11-22-19(25)16-8-7-15(20)10-17(16)21/h4-10,12H,3,11H2,1-2H3,(H,22,25)(H,23,24)/t12-/m1/s1. The minimum Gasteiger partial charge on any atom is -0.350 e. The van der Waals surface area contributed by atoms with Crippen molar-refractivity contribution in [1.29, 1.82) is 0 Å². The summed E-state index contributed by atoms with van der Waals surface area (Å²) >= 11 is 0. The first-order valence-corrected chi connectivity index (χ1v) is 8.03. The van der Waals surface area contributed by atoms with Gasteiger partial charge in [-0.25, -0.2) is 8.78 Å². The third-order valence-electron chi connectivity index (χ3n) is 3.81. The summed E-state index contributed by atoms with van der Waals surface area (Å²) in [5, 5.41) is 5.43. The first-order valence-electron chi connectivity index (χ1n) is 8.03. The van der Waals surface area contributed by atoms with Crippen LogP contribution in [0.5, 0.6) is 0 Å².